The fourth-order valence-electron chi connectivity index (χ4n) is 5.89. The van der Waals surface area contributed by atoms with Crippen LogP contribution < -0.4 is 22.5 Å². The van der Waals surface area contributed by atoms with E-state index in [-0.39, 0.29) is 41.2 Å². The molecule has 3 N–H and O–H groups in total. The minimum atomic E-state index is -1.39. The smallest absolute Gasteiger partial charge is 0.340 e. The van der Waals surface area contributed by atoms with Crippen LogP contribution in [-0.4, -0.2) is 83.8 Å². The first-order valence-corrected chi connectivity index (χ1v) is 23.0. The normalized spacial score (nSPS) is 21.7. The topological polar surface area (TPSA) is 201 Å². The monoisotopic (exact) mass is 840 g/mol. The zero-order valence-electron chi connectivity index (χ0n) is 34.0. The molecule has 0 spiro atoms. The summed E-state index contributed by atoms with van der Waals surface area (Å²) in [7, 11) is -1.39. The number of aromatic nitrogens is 4. The summed E-state index contributed by atoms with van der Waals surface area (Å²) >= 11 is 6.15. The molecule has 0 aliphatic carbocycles. The summed E-state index contributed by atoms with van der Waals surface area (Å²) in [6, 6.07) is 16.2. The van der Waals surface area contributed by atoms with Crippen LogP contribution in [0.2, 0.25) is 18.1 Å². The van der Waals surface area contributed by atoms with Crippen LogP contribution in [0, 0.1) is 13.8 Å². The molecule has 6 atom stereocenters. The van der Waals surface area contributed by atoms with Crippen molar-refractivity contribution >= 4 is 30.3 Å². The maximum absolute atomic E-state index is 12.8. The number of carbonyl (C=O) groups is 2. The highest BCUT2D eigenvalue weighted by molar-refractivity contribution is 7.20. The Labute approximate surface area is 341 Å². The molecule has 0 bridgehead atoms. The zero-order valence-corrected chi connectivity index (χ0v) is 35.8. The summed E-state index contributed by atoms with van der Waals surface area (Å²) in [5.74, 6) is -1.41. The number of hydrogen-bond acceptors (Lipinski definition) is 11. The molecule has 2 aromatic carbocycles. The van der Waals surface area contributed by atoms with E-state index in [4.69, 9.17) is 20.6 Å². The van der Waals surface area contributed by atoms with Crippen molar-refractivity contribution in [3.05, 3.63) is 137 Å². The lowest BCUT2D eigenvalue weighted by Gasteiger charge is -2.29. The Morgan fingerprint density at radius 3 is 1.36 bits per heavy atom. The molecule has 2 saturated heterocycles. The predicted molar refractivity (Wildman–Crippen MR) is 221 cm³/mol. The van der Waals surface area contributed by atoms with Gasteiger partial charge in [0.2, 0.25) is 0 Å². The zero-order chi connectivity index (χ0) is 43.3. The van der Waals surface area contributed by atoms with Crippen LogP contribution in [0.3, 0.4) is 0 Å². The van der Waals surface area contributed by atoms with Gasteiger partial charge in [0.25, 0.3) is 22.9 Å². The van der Waals surface area contributed by atoms with E-state index < -0.39 is 79.1 Å². The molecule has 17 heteroatoms. The van der Waals surface area contributed by atoms with Crippen LogP contribution in [-0.2, 0) is 9.47 Å². The molecule has 4 aromatic rings. The van der Waals surface area contributed by atoms with Crippen LogP contribution in [0.5, 0.6) is 0 Å². The number of carbonyl (C=O) groups excluding carboxylic acids is 2. The molecule has 2 aliphatic rings. The highest BCUT2D eigenvalue weighted by Gasteiger charge is 2.37. The molecule has 2 aliphatic heterocycles. The molecule has 2 fully saturated rings. The summed E-state index contributed by atoms with van der Waals surface area (Å²) in [5, 5.41) is 29.4. The van der Waals surface area contributed by atoms with Crippen molar-refractivity contribution in [3.63, 3.8) is 0 Å². The molecule has 2 aromatic heterocycles. The lowest BCUT2D eigenvalue weighted by molar-refractivity contribution is -0.0462. The molecule has 0 amide bonds. The number of ether oxygens (including phenoxy) is 2. The van der Waals surface area contributed by atoms with Gasteiger partial charge in [-0.05, 0) is 49.6 Å². The molecule has 6 rings (SSSR count). The summed E-state index contributed by atoms with van der Waals surface area (Å²) < 4.78 is 14.7. The minimum absolute atomic E-state index is 0.0717. The predicted octanol–water partition coefficient (Wildman–Crippen LogP) is 3.94. The van der Waals surface area contributed by atoms with Crippen LogP contribution >= 0.6 is 11.1 Å². The van der Waals surface area contributed by atoms with E-state index >= 15 is 0 Å². The average Bonchev–Trinajstić information content (AvgIpc) is 3.75. The van der Waals surface area contributed by atoms with Crippen LogP contribution in [0.1, 0.15) is 91.3 Å². The largest absolute Gasteiger partial charge is 0.394 e. The van der Waals surface area contributed by atoms with Crippen molar-refractivity contribution < 1.29 is 34.4 Å². The van der Waals surface area contributed by atoms with Crippen LogP contribution in [0.4, 0.5) is 0 Å². The standard InChI is InChI=1S/C18H20N2O5.C17H18N2O6.C6H15ClSi/c1-3-14-13(21)9-15(25-14)19-10-11(2)16(22)20(18(19)24)17(23)12-7-5-4-6-8-12;1-10-8-18(14-7-12(21)13(9-20)25-14)17(24)19(15(10)22)16(23)11-5-3-2-4-6-11;1-6(2,3)8(4,5)7/h4-8,10,13-15,21H,3,9H2,1-2H3;2-6,8,12-14,20-21H,7,9H2,1H3;1-5H3. The summed E-state index contributed by atoms with van der Waals surface area (Å²) in [4.78, 5) is 75.5. The van der Waals surface area contributed by atoms with Crippen molar-refractivity contribution in [2.75, 3.05) is 6.61 Å². The van der Waals surface area contributed by atoms with Gasteiger partial charge in [-0.15, -0.1) is 0 Å². The van der Waals surface area contributed by atoms with Gasteiger partial charge in [-0.25, -0.2) is 9.59 Å². The number of aryl methyl sites for hydroxylation is 2. The van der Waals surface area contributed by atoms with Crippen molar-refractivity contribution in [1.29, 1.82) is 0 Å². The summed E-state index contributed by atoms with van der Waals surface area (Å²) in [6.45, 7) is 15.5. The lowest BCUT2D eigenvalue weighted by atomic mass is 10.1. The third-order valence-corrected chi connectivity index (χ3v) is 15.7. The molecule has 15 nitrogen and oxygen atoms in total. The van der Waals surface area contributed by atoms with Gasteiger partial charge in [0.05, 0.1) is 24.9 Å². The van der Waals surface area contributed by atoms with Crippen molar-refractivity contribution in [3.8, 4) is 0 Å². The van der Waals surface area contributed by atoms with Gasteiger partial charge >= 0.3 is 11.4 Å². The molecule has 58 heavy (non-hydrogen) atoms. The molecule has 4 heterocycles. The van der Waals surface area contributed by atoms with Crippen LogP contribution in [0.25, 0.3) is 0 Å². The van der Waals surface area contributed by atoms with E-state index in [1.54, 1.807) is 48.5 Å². The number of benzene rings is 2. The molecule has 0 saturated carbocycles. The molecular formula is C41H53ClN4O11Si. The molecule has 0 radical (unpaired) electrons. The van der Waals surface area contributed by atoms with Gasteiger partial charge in [-0.1, -0.05) is 77.2 Å². The fraction of sp³-hybridized carbons (Fsp3) is 0.463. The number of hydrogen-bond donors (Lipinski definition) is 3. The highest BCUT2D eigenvalue weighted by Crippen LogP contribution is 2.38. The van der Waals surface area contributed by atoms with Gasteiger partial charge in [0.1, 0.15) is 18.6 Å². The Bertz CT molecular complexity index is 2150. The third-order valence-electron chi connectivity index (χ3n) is 10.4. The second kappa shape index (κ2) is 19.0. The number of nitrogens with zero attached hydrogens (tertiary/aromatic N) is 4. The van der Waals surface area contributed by atoms with E-state index in [1.165, 1.54) is 42.9 Å². The molecule has 6 unspecified atom stereocenters. The van der Waals surface area contributed by atoms with E-state index in [9.17, 15) is 44.1 Å². The Morgan fingerprint density at radius 1 is 0.724 bits per heavy atom. The van der Waals surface area contributed by atoms with Crippen LogP contribution in [0.15, 0.2) is 92.2 Å². The first-order valence-electron chi connectivity index (χ1n) is 19.0. The van der Waals surface area contributed by atoms with Gasteiger partial charge < -0.3 is 24.8 Å². The third kappa shape index (κ3) is 10.4. The van der Waals surface area contributed by atoms with E-state index in [2.05, 4.69) is 33.9 Å². The second-order valence-corrected chi connectivity index (χ2v) is 23.1. The van der Waals surface area contributed by atoms with Crippen molar-refractivity contribution in [2.24, 2.45) is 0 Å². The Hall–Kier alpha value is -4.55. The summed E-state index contributed by atoms with van der Waals surface area (Å²) in [6.07, 6.45) is -0.794. The fourth-order valence-corrected chi connectivity index (χ4v) is 5.89. The average molecular weight is 841 g/mol. The minimum Gasteiger partial charge on any atom is -0.394 e. The van der Waals surface area contributed by atoms with E-state index in [0.29, 0.717) is 20.6 Å². The quantitative estimate of drug-likeness (QED) is 0.188. The number of aliphatic hydroxyl groups excluding tert-OH is 3. The van der Waals surface area contributed by atoms with Gasteiger partial charge in [0, 0.05) is 47.5 Å². The first kappa shape index (κ1) is 46.1. The molecule has 314 valence electrons. The SMILES string of the molecule is CC(C)(C)[Si](C)(C)Cl.CCC1OC(n2cc(C)c(=O)n(C(=O)c3ccccc3)c2=O)CC1O.Cc1cn(C2CC(O)C(CO)O2)c(=O)n(C(=O)c2ccccc2)c1=O. The van der Waals surface area contributed by atoms with Gasteiger partial charge in [-0.3, -0.25) is 28.3 Å². The van der Waals surface area contributed by atoms with E-state index in [0.717, 1.165) is 4.57 Å². The summed E-state index contributed by atoms with van der Waals surface area (Å²) in [5.41, 5.74) is -2.07. The number of halogens is 1. The second-order valence-electron chi connectivity index (χ2n) is 15.8. The van der Waals surface area contributed by atoms with Crippen molar-refractivity contribution in [1.82, 2.24) is 18.3 Å². The number of rotatable bonds is 6. The maximum atomic E-state index is 12.8. The van der Waals surface area contributed by atoms with E-state index in [1.807, 2.05) is 6.92 Å². The van der Waals surface area contributed by atoms with Gasteiger partial charge in [0.15, 0.2) is 7.38 Å². The maximum Gasteiger partial charge on any atom is 0.340 e. The number of aliphatic hydroxyl groups is 3. The van der Waals surface area contributed by atoms with Gasteiger partial charge in [-0.2, -0.15) is 20.2 Å². The lowest BCUT2D eigenvalue weighted by Crippen LogP contribution is -2.45. The Balaban J connectivity index is 0.000000217. The molecular weight excluding hydrogens is 788 g/mol. The van der Waals surface area contributed by atoms with Crippen molar-refractivity contribution in [2.45, 2.75) is 116 Å². The Morgan fingerprint density at radius 2 is 1.07 bits per heavy atom. The Kier molecular flexibility index (Phi) is 15.1. The first-order chi connectivity index (χ1) is 27.1. The highest BCUT2D eigenvalue weighted by atomic mass is 35.6.